The van der Waals surface area contributed by atoms with Crippen LogP contribution in [-0.2, 0) is 11.3 Å². The number of benzene rings is 2. The van der Waals surface area contributed by atoms with Crippen LogP contribution >= 0.6 is 0 Å². The third-order valence-electron chi connectivity index (χ3n) is 4.26. The van der Waals surface area contributed by atoms with Gasteiger partial charge in [-0.2, -0.15) is 0 Å². The molecule has 0 aromatic heterocycles. The molecule has 1 saturated heterocycles. The van der Waals surface area contributed by atoms with Crippen LogP contribution in [0.1, 0.15) is 21.5 Å². The van der Waals surface area contributed by atoms with E-state index in [0.717, 1.165) is 49.5 Å². The molecule has 1 aliphatic heterocycles. The summed E-state index contributed by atoms with van der Waals surface area (Å²) in [6.07, 6.45) is 0. The molecule has 0 spiro atoms. The largest absolute Gasteiger partial charge is 0.478 e. The monoisotopic (exact) mass is 311 g/mol. The van der Waals surface area contributed by atoms with Crippen molar-refractivity contribution in [2.75, 3.05) is 26.3 Å². The number of hydrogen-bond donors (Lipinski definition) is 1. The summed E-state index contributed by atoms with van der Waals surface area (Å²) >= 11 is 0. The van der Waals surface area contributed by atoms with E-state index in [2.05, 4.69) is 29.2 Å². The van der Waals surface area contributed by atoms with E-state index in [4.69, 9.17) is 9.84 Å². The lowest BCUT2D eigenvalue weighted by Crippen LogP contribution is -2.35. The molecule has 2 aromatic rings. The van der Waals surface area contributed by atoms with Crippen molar-refractivity contribution in [2.45, 2.75) is 13.5 Å². The topological polar surface area (TPSA) is 49.8 Å². The first-order valence-electron chi connectivity index (χ1n) is 7.87. The van der Waals surface area contributed by atoms with Gasteiger partial charge in [-0.25, -0.2) is 4.79 Å². The molecule has 1 heterocycles. The summed E-state index contributed by atoms with van der Waals surface area (Å²) in [4.78, 5) is 13.5. The Morgan fingerprint density at radius 1 is 1.13 bits per heavy atom. The molecule has 23 heavy (non-hydrogen) atoms. The minimum absolute atomic E-state index is 0.322. The van der Waals surface area contributed by atoms with Crippen LogP contribution in [0, 0.1) is 6.92 Å². The van der Waals surface area contributed by atoms with E-state index in [1.54, 1.807) is 12.1 Å². The molecule has 0 atom stereocenters. The molecule has 120 valence electrons. The molecule has 0 amide bonds. The lowest BCUT2D eigenvalue weighted by Gasteiger charge is -2.26. The molecule has 2 aromatic carbocycles. The van der Waals surface area contributed by atoms with Crippen molar-refractivity contribution < 1.29 is 14.6 Å². The van der Waals surface area contributed by atoms with E-state index >= 15 is 0 Å². The number of morpholine rings is 1. The quantitative estimate of drug-likeness (QED) is 0.942. The number of carboxylic acid groups (broad SMARTS) is 1. The maximum Gasteiger partial charge on any atom is 0.335 e. The number of carbonyl (C=O) groups is 1. The lowest BCUT2D eigenvalue weighted by atomic mass is 9.97. The average molecular weight is 311 g/mol. The third-order valence-corrected chi connectivity index (χ3v) is 4.26. The van der Waals surface area contributed by atoms with Gasteiger partial charge in [0.05, 0.1) is 18.8 Å². The smallest absolute Gasteiger partial charge is 0.335 e. The minimum atomic E-state index is -0.893. The van der Waals surface area contributed by atoms with Gasteiger partial charge >= 0.3 is 5.97 Å². The van der Waals surface area contributed by atoms with Gasteiger partial charge in [0.1, 0.15) is 0 Å². The Hall–Kier alpha value is -2.17. The van der Waals surface area contributed by atoms with Gasteiger partial charge < -0.3 is 9.84 Å². The fourth-order valence-corrected chi connectivity index (χ4v) is 2.87. The number of ether oxygens (including phenoxy) is 1. The maximum atomic E-state index is 11.2. The summed E-state index contributed by atoms with van der Waals surface area (Å²) in [5, 5.41) is 9.16. The molecule has 1 N–H and O–H groups in total. The number of carboxylic acids is 1. The summed E-state index contributed by atoms with van der Waals surface area (Å²) in [5.74, 6) is -0.893. The second-order valence-corrected chi connectivity index (χ2v) is 5.92. The van der Waals surface area contributed by atoms with E-state index in [1.807, 2.05) is 13.0 Å². The zero-order chi connectivity index (χ0) is 16.2. The van der Waals surface area contributed by atoms with Crippen molar-refractivity contribution in [3.63, 3.8) is 0 Å². The molecule has 1 aliphatic rings. The number of rotatable bonds is 4. The summed E-state index contributed by atoms with van der Waals surface area (Å²) < 4.78 is 5.37. The predicted octanol–water partition coefficient (Wildman–Crippen LogP) is 3.19. The lowest BCUT2D eigenvalue weighted by molar-refractivity contribution is 0.0342. The van der Waals surface area contributed by atoms with Crippen molar-refractivity contribution >= 4 is 5.97 Å². The fraction of sp³-hybridized carbons (Fsp3) is 0.316. The Morgan fingerprint density at radius 3 is 2.48 bits per heavy atom. The fourth-order valence-electron chi connectivity index (χ4n) is 2.87. The van der Waals surface area contributed by atoms with E-state index in [0.29, 0.717) is 5.56 Å². The summed E-state index contributed by atoms with van der Waals surface area (Å²) in [5.41, 5.74) is 4.70. The number of aryl methyl sites for hydroxylation is 1. The highest BCUT2D eigenvalue weighted by molar-refractivity contribution is 5.90. The molecular formula is C19H21NO3. The van der Waals surface area contributed by atoms with Crippen LogP contribution in [-0.4, -0.2) is 42.3 Å². The number of nitrogens with zero attached hydrogens (tertiary/aromatic N) is 1. The van der Waals surface area contributed by atoms with Crippen LogP contribution in [0.2, 0.25) is 0 Å². The molecule has 0 bridgehead atoms. The van der Waals surface area contributed by atoms with Crippen LogP contribution in [0.15, 0.2) is 42.5 Å². The molecule has 0 radical (unpaired) electrons. The van der Waals surface area contributed by atoms with Gasteiger partial charge in [0.15, 0.2) is 0 Å². The first-order chi connectivity index (χ1) is 11.1. The zero-order valence-electron chi connectivity index (χ0n) is 13.3. The number of aromatic carboxylic acids is 1. The van der Waals surface area contributed by atoms with Crippen LogP contribution in [0.4, 0.5) is 0 Å². The normalized spacial score (nSPS) is 15.5. The highest BCUT2D eigenvalue weighted by Crippen LogP contribution is 2.25. The van der Waals surface area contributed by atoms with Gasteiger partial charge in [-0.1, -0.05) is 30.3 Å². The van der Waals surface area contributed by atoms with Crippen molar-refractivity contribution in [3.8, 4) is 11.1 Å². The van der Waals surface area contributed by atoms with E-state index in [-0.39, 0.29) is 0 Å². The van der Waals surface area contributed by atoms with Gasteiger partial charge in [-0.15, -0.1) is 0 Å². The van der Waals surface area contributed by atoms with Gasteiger partial charge in [-0.3, -0.25) is 4.90 Å². The Labute approximate surface area is 136 Å². The van der Waals surface area contributed by atoms with Crippen LogP contribution in [0.25, 0.3) is 11.1 Å². The van der Waals surface area contributed by atoms with Crippen molar-refractivity contribution in [3.05, 3.63) is 59.2 Å². The van der Waals surface area contributed by atoms with Crippen molar-refractivity contribution in [2.24, 2.45) is 0 Å². The molecule has 3 rings (SSSR count). The first-order valence-corrected chi connectivity index (χ1v) is 7.87. The highest BCUT2D eigenvalue weighted by atomic mass is 16.5. The second-order valence-electron chi connectivity index (χ2n) is 5.92. The van der Waals surface area contributed by atoms with E-state index < -0.39 is 5.97 Å². The molecule has 0 saturated carbocycles. The maximum absolute atomic E-state index is 11.2. The van der Waals surface area contributed by atoms with Crippen LogP contribution in [0.5, 0.6) is 0 Å². The zero-order valence-corrected chi connectivity index (χ0v) is 13.3. The molecular weight excluding hydrogens is 290 g/mol. The van der Waals surface area contributed by atoms with Crippen molar-refractivity contribution in [1.29, 1.82) is 0 Å². The van der Waals surface area contributed by atoms with Gasteiger partial charge in [0, 0.05) is 19.6 Å². The Kier molecular flexibility index (Phi) is 4.74. The molecule has 4 nitrogen and oxygen atoms in total. The van der Waals surface area contributed by atoms with Gasteiger partial charge in [-0.05, 0) is 41.3 Å². The first kappa shape index (κ1) is 15.7. The molecule has 1 fully saturated rings. The van der Waals surface area contributed by atoms with Crippen molar-refractivity contribution in [1.82, 2.24) is 4.90 Å². The standard InChI is InChI=1S/C19H21NO3/c1-14-2-5-17(19(21)22)12-18(14)16-6-3-15(4-7-16)13-20-8-10-23-11-9-20/h2-7,12H,8-11,13H2,1H3,(H,21,22). The Balaban J connectivity index is 1.79. The van der Waals surface area contributed by atoms with Gasteiger partial charge in [0.25, 0.3) is 0 Å². The summed E-state index contributed by atoms with van der Waals surface area (Å²) in [6.45, 7) is 6.49. The Morgan fingerprint density at radius 2 is 1.83 bits per heavy atom. The highest BCUT2D eigenvalue weighted by Gasteiger charge is 2.11. The SMILES string of the molecule is Cc1ccc(C(=O)O)cc1-c1ccc(CN2CCOCC2)cc1. The van der Waals surface area contributed by atoms with Crippen LogP contribution < -0.4 is 0 Å². The van der Waals surface area contributed by atoms with Gasteiger partial charge in [0.2, 0.25) is 0 Å². The minimum Gasteiger partial charge on any atom is -0.478 e. The second kappa shape index (κ2) is 6.94. The predicted molar refractivity (Wildman–Crippen MR) is 89.7 cm³/mol. The Bertz CT molecular complexity index is 688. The molecule has 4 heteroatoms. The number of hydrogen-bond acceptors (Lipinski definition) is 3. The van der Waals surface area contributed by atoms with E-state index in [9.17, 15) is 4.79 Å². The third kappa shape index (κ3) is 3.78. The van der Waals surface area contributed by atoms with Crippen LogP contribution in [0.3, 0.4) is 0 Å². The summed E-state index contributed by atoms with van der Waals surface area (Å²) in [7, 11) is 0. The molecule has 0 aliphatic carbocycles. The van der Waals surface area contributed by atoms with E-state index in [1.165, 1.54) is 5.56 Å². The average Bonchev–Trinajstić information content (AvgIpc) is 2.57. The summed E-state index contributed by atoms with van der Waals surface area (Å²) in [6, 6.07) is 13.6. The molecule has 0 unspecified atom stereocenters.